The summed E-state index contributed by atoms with van der Waals surface area (Å²) in [5.74, 6) is 1.74. The lowest BCUT2D eigenvalue weighted by molar-refractivity contribution is -0.124. The van der Waals surface area contributed by atoms with Gasteiger partial charge < -0.3 is 29.7 Å². The molecule has 40 heavy (non-hydrogen) atoms. The Kier molecular flexibility index (Phi) is 11.7. The molecule has 9 nitrogen and oxygen atoms in total. The van der Waals surface area contributed by atoms with Crippen LogP contribution in [0.3, 0.4) is 0 Å². The van der Waals surface area contributed by atoms with Crippen LogP contribution >= 0.6 is 0 Å². The molecule has 0 spiro atoms. The van der Waals surface area contributed by atoms with Gasteiger partial charge in [-0.3, -0.25) is 4.79 Å². The quantitative estimate of drug-likeness (QED) is 0.257. The van der Waals surface area contributed by atoms with E-state index in [4.69, 9.17) is 19.4 Å². The summed E-state index contributed by atoms with van der Waals surface area (Å²) >= 11 is 0. The highest BCUT2D eigenvalue weighted by Crippen LogP contribution is 2.32. The number of nitrogens with one attached hydrogen (secondary N) is 1. The Morgan fingerprint density at radius 2 is 1.88 bits per heavy atom. The van der Waals surface area contributed by atoms with Gasteiger partial charge in [-0.2, -0.15) is 4.98 Å². The molecule has 2 aromatic carbocycles. The number of amides is 1. The summed E-state index contributed by atoms with van der Waals surface area (Å²) in [5, 5.41) is 25.7. The van der Waals surface area contributed by atoms with Gasteiger partial charge in [-0.15, -0.1) is 0 Å². The highest BCUT2D eigenvalue weighted by molar-refractivity contribution is 5.76. The molecule has 9 heteroatoms. The molecule has 1 atom stereocenters. The smallest absolute Gasteiger partial charge is 0.258 e. The minimum Gasteiger partial charge on any atom is -0.490 e. The van der Waals surface area contributed by atoms with Crippen molar-refractivity contribution in [2.75, 3.05) is 33.4 Å². The van der Waals surface area contributed by atoms with Gasteiger partial charge in [0.05, 0.1) is 0 Å². The first-order valence-corrected chi connectivity index (χ1v) is 14.1. The van der Waals surface area contributed by atoms with Crippen LogP contribution in [0.1, 0.15) is 56.4 Å². The van der Waals surface area contributed by atoms with E-state index in [0.29, 0.717) is 29.8 Å². The average molecular weight is 553 g/mol. The number of benzene rings is 2. The number of aromatic nitrogens is 2. The number of aliphatic hydroxyl groups excluding tert-OH is 2. The second kappa shape index (κ2) is 14.9. The lowest BCUT2D eigenvalue weighted by Crippen LogP contribution is -2.36. The minimum atomic E-state index is -0.905. The molecule has 0 bridgehead atoms. The molecule has 3 rings (SSSR count). The van der Waals surface area contributed by atoms with E-state index in [-0.39, 0.29) is 13.2 Å². The van der Waals surface area contributed by atoms with Crippen LogP contribution in [0.25, 0.3) is 22.8 Å². The van der Waals surface area contributed by atoms with Gasteiger partial charge in [0.1, 0.15) is 25.1 Å². The molecule has 3 N–H and O–H groups in total. The van der Waals surface area contributed by atoms with Crippen LogP contribution in [-0.2, 0) is 24.2 Å². The van der Waals surface area contributed by atoms with E-state index in [1.807, 2.05) is 26.0 Å². The van der Waals surface area contributed by atoms with Crippen LogP contribution in [0.4, 0.5) is 0 Å². The molecule has 3 aromatic rings. The fraction of sp³-hybridized carbons (Fsp3) is 0.516. The number of nitrogens with zero attached hydrogens (tertiary/aromatic N) is 3. The van der Waals surface area contributed by atoms with Gasteiger partial charge in [-0.05, 0) is 79.3 Å². The third kappa shape index (κ3) is 8.87. The van der Waals surface area contributed by atoms with E-state index in [9.17, 15) is 9.90 Å². The molecule has 0 aliphatic carbocycles. The normalized spacial score (nSPS) is 12.2. The molecule has 1 unspecified atom stereocenters. The molecule has 218 valence electrons. The summed E-state index contributed by atoms with van der Waals surface area (Å²) in [6.45, 7) is 11.9. The predicted octanol–water partition coefficient (Wildman–Crippen LogP) is 4.16. The standard InChI is InChI=1S/C31H44N4O5/c1-7-9-22-11-23(17-35(6)16-20(3)4)13-26(12-22)31-33-30(34-40-31)25-10-21(5)29(24(8-2)14-25)39-19-27(37)15-32-28(38)18-36/h10-14,20,27,36-37H,7-9,15-19H2,1-6H3,(H,32,38). The van der Waals surface area contributed by atoms with Crippen LogP contribution < -0.4 is 10.1 Å². The zero-order valence-electron chi connectivity index (χ0n) is 24.7. The first kappa shape index (κ1) is 31.3. The number of carbonyl (C=O) groups is 1. The number of hydrogen-bond donors (Lipinski definition) is 3. The summed E-state index contributed by atoms with van der Waals surface area (Å²) in [6, 6.07) is 10.5. The van der Waals surface area contributed by atoms with E-state index in [0.717, 1.165) is 48.2 Å². The maximum absolute atomic E-state index is 11.2. The topological polar surface area (TPSA) is 121 Å². The van der Waals surface area contributed by atoms with Crippen molar-refractivity contribution in [3.8, 4) is 28.6 Å². The Morgan fingerprint density at radius 1 is 1.12 bits per heavy atom. The summed E-state index contributed by atoms with van der Waals surface area (Å²) < 4.78 is 11.7. The second-order valence-electron chi connectivity index (χ2n) is 10.9. The van der Waals surface area contributed by atoms with Gasteiger partial charge in [-0.25, -0.2) is 0 Å². The Hall–Kier alpha value is -3.27. The summed E-state index contributed by atoms with van der Waals surface area (Å²) in [7, 11) is 2.15. The number of rotatable bonds is 15. The summed E-state index contributed by atoms with van der Waals surface area (Å²) in [6.07, 6.45) is 1.84. The monoisotopic (exact) mass is 552 g/mol. The van der Waals surface area contributed by atoms with Crippen molar-refractivity contribution in [1.82, 2.24) is 20.4 Å². The van der Waals surface area contributed by atoms with Crippen LogP contribution in [0, 0.1) is 12.8 Å². The average Bonchev–Trinajstić information content (AvgIpc) is 3.40. The first-order valence-electron chi connectivity index (χ1n) is 14.1. The van der Waals surface area contributed by atoms with Crippen molar-refractivity contribution < 1.29 is 24.3 Å². The number of carbonyl (C=O) groups excluding carboxylic acids is 1. The molecule has 0 fully saturated rings. The van der Waals surface area contributed by atoms with Crippen molar-refractivity contribution in [3.05, 3.63) is 52.6 Å². The van der Waals surface area contributed by atoms with Crippen LogP contribution in [-0.4, -0.2) is 70.6 Å². The van der Waals surface area contributed by atoms with Crippen molar-refractivity contribution in [3.63, 3.8) is 0 Å². The van der Waals surface area contributed by atoms with E-state index >= 15 is 0 Å². The molecule has 1 aromatic heterocycles. The molecule has 1 amide bonds. The number of hydrogen-bond acceptors (Lipinski definition) is 8. The third-order valence-corrected chi connectivity index (χ3v) is 6.48. The van der Waals surface area contributed by atoms with E-state index in [1.165, 1.54) is 11.1 Å². The minimum absolute atomic E-state index is 0.00119. The second-order valence-corrected chi connectivity index (χ2v) is 10.9. The maximum atomic E-state index is 11.2. The number of aryl methyl sites for hydroxylation is 3. The van der Waals surface area contributed by atoms with Crippen LogP contribution in [0.15, 0.2) is 34.9 Å². The van der Waals surface area contributed by atoms with Crippen molar-refractivity contribution in [2.45, 2.75) is 66.5 Å². The molecule has 0 saturated heterocycles. The van der Waals surface area contributed by atoms with Gasteiger partial charge in [0, 0.05) is 30.8 Å². The van der Waals surface area contributed by atoms with E-state index < -0.39 is 18.6 Å². The first-order chi connectivity index (χ1) is 19.1. The molecule has 1 heterocycles. The Bertz CT molecular complexity index is 1260. The lowest BCUT2D eigenvalue weighted by Gasteiger charge is -2.19. The number of ether oxygens (including phenoxy) is 1. The van der Waals surface area contributed by atoms with E-state index in [1.54, 1.807) is 0 Å². The molecule has 0 radical (unpaired) electrons. The zero-order valence-corrected chi connectivity index (χ0v) is 24.7. The van der Waals surface area contributed by atoms with Gasteiger partial charge >= 0.3 is 0 Å². The van der Waals surface area contributed by atoms with Gasteiger partial charge in [-0.1, -0.05) is 45.3 Å². The van der Waals surface area contributed by atoms with Crippen LogP contribution in [0.2, 0.25) is 0 Å². The molecule has 0 saturated carbocycles. The SMILES string of the molecule is CCCc1cc(CN(C)CC(C)C)cc(-c2nc(-c3cc(C)c(OCC(O)CNC(=O)CO)c(CC)c3)no2)c1. The number of aliphatic hydroxyl groups is 2. The molecular weight excluding hydrogens is 508 g/mol. The fourth-order valence-electron chi connectivity index (χ4n) is 4.84. The summed E-state index contributed by atoms with van der Waals surface area (Å²) in [5.41, 5.74) is 6.08. The van der Waals surface area contributed by atoms with Crippen LogP contribution in [0.5, 0.6) is 5.75 Å². The molecule has 0 aliphatic heterocycles. The third-order valence-electron chi connectivity index (χ3n) is 6.48. The molecular formula is C31H44N4O5. The highest BCUT2D eigenvalue weighted by Gasteiger charge is 2.17. The predicted molar refractivity (Wildman–Crippen MR) is 156 cm³/mol. The van der Waals surface area contributed by atoms with E-state index in [2.05, 4.69) is 61.4 Å². The fourth-order valence-corrected chi connectivity index (χ4v) is 4.84. The van der Waals surface area contributed by atoms with Crippen molar-refractivity contribution >= 4 is 5.91 Å². The highest BCUT2D eigenvalue weighted by atomic mass is 16.5. The van der Waals surface area contributed by atoms with Crippen molar-refractivity contribution in [1.29, 1.82) is 0 Å². The Labute approximate surface area is 237 Å². The zero-order chi connectivity index (χ0) is 29.2. The van der Waals surface area contributed by atoms with Gasteiger partial charge in [0.15, 0.2) is 0 Å². The largest absolute Gasteiger partial charge is 0.490 e. The molecule has 0 aliphatic rings. The van der Waals surface area contributed by atoms with Crippen molar-refractivity contribution in [2.24, 2.45) is 5.92 Å². The Morgan fingerprint density at radius 3 is 2.55 bits per heavy atom. The maximum Gasteiger partial charge on any atom is 0.258 e. The lowest BCUT2D eigenvalue weighted by atomic mass is 10.0. The Balaban J connectivity index is 1.81. The summed E-state index contributed by atoms with van der Waals surface area (Å²) in [4.78, 5) is 18.3. The van der Waals surface area contributed by atoms with Gasteiger partial charge in [0.25, 0.3) is 5.89 Å². The van der Waals surface area contributed by atoms with Gasteiger partial charge in [0.2, 0.25) is 11.7 Å².